The lowest BCUT2D eigenvalue weighted by atomic mass is 9.90. The van der Waals surface area contributed by atoms with E-state index in [0.717, 1.165) is 11.7 Å². The minimum Gasteiger partial charge on any atom is -0.313 e. The van der Waals surface area contributed by atoms with Crippen molar-refractivity contribution in [3.8, 4) is 22.3 Å². The fourth-order valence-electron chi connectivity index (χ4n) is 3.35. The number of amidine groups is 1. The van der Waals surface area contributed by atoms with E-state index in [1.54, 1.807) is 11.9 Å². The van der Waals surface area contributed by atoms with Gasteiger partial charge in [-0.1, -0.05) is 54.6 Å². The lowest BCUT2D eigenvalue weighted by Crippen LogP contribution is -2.31. The predicted molar refractivity (Wildman–Crippen MR) is 98.8 cm³/mol. The zero-order valence-electron chi connectivity index (χ0n) is 12.4. The molecule has 2 aliphatic heterocycles. The van der Waals surface area contributed by atoms with Crippen molar-refractivity contribution in [3.05, 3.63) is 78.4 Å². The second kappa shape index (κ2) is 5.00. The van der Waals surface area contributed by atoms with E-state index in [1.165, 1.54) is 33.5 Å². The SMILES string of the molecule is c1ccc(-c2ccc3c(c2)-c2ccccc2N2CSN=C32)cc1. The van der Waals surface area contributed by atoms with Crippen LogP contribution in [0, 0.1) is 0 Å². The van der Waals surface area contributed by atoms with Crippen molar-refractivity contribution in [2.75, 3.05) is 10.8 Å². The molecule has 0 aromatic heterocycles. The van der Waals surface area contributed by atoms with Gasteiger partial charge in [-0.3, -0.25) is 0 Å². The smallest absolute Gasteiger partial charge is 0.149 e. The quantitative estimate of drug-likeness (QED) is 0.573. The van der Waals surface area contributed by atoms with Crippen molar-refractivity contribution in [3.63, 3.8) is 0 Å². The molecule has 0 saturated carbocycles. The van der Waals surface area contributed by atoms with Crippen molar-refractivity contribution in [1.82, 2.24) is 0 Å². The highest BCUT2D eigenvalue weighted by atomic mass is 32.2. The maximum Gasteiger partial charge on any atom is 0.149 e. The largest absolute Gasteiger partial charge is 0.313 e. The topological polar surface area (TPSA) is 15.6 Å². The molecule has 2 aliphatic rings. The Kier molecular flexibility index (Phi) is 2.82. The van der Waals surface area contributed by atoms with Crippen LogP contribution in [-0.2, 0) is 0 Å². The van der Waals surface area contributed by atoms with E-state index in [2.05, 4.69) is 82.1 Å². The van der Waals surface area contributed by atoms with Gasteiger partial charge >= 0.3 is 0 Å². The minimum atomic E-state index is 0.895. The van der Waals surface area contributed by atoms with Crippen LogP contribution in [0.4, 0.5) is 5.69 Å². The van der Waals surface area contributed by atoms with Gasteiger partial charge in [0.05, 0.1) is 11.6 Å². The van der Waals surface area contributed by atoms with E-state index >= 15 is 0 Å². The molecule has 0 radical (unpaired) electrons. The van der Waals surface area contributed by atoms with E-state index in [-0.39, 0.29) is 0 Å². The molecule has 2 nitrogen and oxygen atoms in total. The highest BCUT2D eigenvalue weighted by molar-refractivity contribution is 7.98. The Morgan fingerprint density at radius 3 is 2.48 bits per heavy atom. The summed E-state index contributed by atoms with van der Waals surface area (Å²) in [6, 6.07) is 25.9. The van der Waals surface area contributed by atoms with E-state index in [1.807, 2.05) is 0 Å². The summed E-state index contributed by atoms with van der Waals surface area (Å²) >= 11 is 1.62. The van der Waals surface area contributed by atoms with Crippen molar-refractivity contribution in [2.24, 2.45) is 4.40 Å². The van der Waals surface area contributed by atoms with Crippen LogP contribution in [0.1, 0.15) is 5.56 Å². The normalized spacial score (nSPS) is 14.8. The van der Waals surface area contributed by atoms with Crippen LogP contribution in [0.5, 0.6) is 0 Å². The van der Waals surface area contributed by atoms with Gasteiger partial charge in [-0.25, -0.2) is 0 Å². The number of benzene rings is 3. The van der Waals surface area contributed by atoms with E-state index in [0.29, 0.717) is 0 Å². The van der Waals surface area contributed by atoms with Crippen LogP contribution >= 0.6 is 11.9 Å². The molecule has 0 spiro atoms. The monoisotopic (exact) mass is 314 g/mol. The Balaban J connectivity index is 1.77. The number of hydrogen-bond acceptors (Lipinski definition) is 3. The summed E-state index contributed by atoms with van der Waals surface area (Å²) in [5.41, 5.74) is 7.56. The summed E-state index contributed by atoms with van der Waals surface area (Å²) in [6.07, 6.45) is 0. The maximum absolute atomic E-state index is 4.66. The van der Waals surface area contributed by atoms with Gasteiger partial charge in [0, 0.05) is 11.1 Å². The fraction of sp³-hybridized carbons (Fsp3) is 0.0500. The summed E-state index contributed by atoms with van der Waals surface area (Å²) in [4.78, 5) is 2.31. The van der Waals surface area contributed by atoms with Gasteiger partial charge in [-0.05, 0) is 46.8 Å². The van der Waals surface area contributed by atoms with Crippen molar-refractivity contribution in [2.45, 2.75) is 0 Å². The number of fused-ring (bicyclic) bond motifs is 6. The van der Waals surface area contributed by atoms with Gasteiger partial charge in [-0.2, -0.15) is 4.40 Å². The van der Waals surface area contributed by atoms with E-state index in [4.69, 9.17) is 0 Å². The molecule has 3 heteroatoms. The molecule has 3 aromatic carbocycles. The molecule has 0 atom stereocenters. The molecule has 5 rings (SSSR count). The van der Waals surface area contributed by atoms with Crippen molar-refractivity contribution >= 4 is 23.5 Å². The van der Waals surface area contributed by atoms with Crippen molar-refractivity contribution < 1.29 is 0 Å². The average molecular weight is 314 g/mol. The first-order valence-corrected chi connectivity index (χ1v) is 8.63. The van der Waals surface area contributed by atoms with Crippen LogP contribution < -0.4 is 4.90 Å². The molecule has 0 fully saturated rings. The van der Waals surface area contributed by atoms with Crippen molar-refractivity contribution in [1.29, 1.82) is 0 Å². The van der Waals surface area contributed by atoms with Gasteiger partial charge in [0.15, 0.2) is 0 Å². The molecule has 0 amide bonds. The van der Waals surface area contributed by atoms with Crippen LogP contribution in [0.25, 0.3) is 22.3 Å². The van der Waals surface area contributed by atoms with Crippen LogP contribution in [0.15, 0.2) is 77.2 Å². The molecular weight excluding hydrogens is 300 g/mol. The van der Waals surface area contributed by atoms with E-state index in [9.17, 15) is 0 Å². The van der Waals surface area contributed by atoms with Gasteiger partial charge in [0.1, 0.15) is 5.84 Å². The Labute approximate surface area is 139 Å². The summed E-state index contributed by atoms with van der Waals surface area (Å²) in [5.74, 6) is 1.98. The Morgan fingerprint density at radius 2 is 1.57 bits per heavy atom. The third kappa shape index (κ3) is 1.93. The van der Waals surface area contributed by atoms with Gasteiger partial charge in [0.25, 0.3) is 0 Å². The van der Waals surface area contributed by atoms with Gasteiger partial charge in [-0.15, -0.1) is 0 Å². The lowest BCUT2D eigenvalue weighted by molar-refractivity contribution is 1.23. The Bertz CT molecular complexity index is 931. The van der Waals surface area contributed by atoms with E-state index < -0.39 is 0 Å². The highest BCUT2D eigenvalue weighted by Crippen LogP contribution is 2.43. The number of nitrogens with zero attached hydrogens (tertiary/aromatic N) is 2. The molecule has 0 N–H and O–H groups in total. The first kappa shape index (κ1) is 13.0. The number of hydrogen-bond donors (Lipinski definition) is 0. The summed E-state index contributed by atoms with van der Waals surface area (Å²) < 4.78 is 4.66. The first-order chi connectivity index (χ1) is 11.4. The summed E-state index contributed by atoms with van der Waals surface area (Å²) in [5, 5.41) is 0. The number of anilines is 1. The van der Waals surface area contributed by atoms with Crippen LogP contribution in [-0.4, -0.2) is 11.7 Å². The third-order valence-electron chi connectivity index (χ3n) is 4.45. The highest BCUT2D eigenvalue weighted by Gasteiger charge is 2.30. The summed E-state index contributed by atoms with van der Waals surface area (Å²) in [7, 11) is 0. The van der Waals surface area contributed by atoms with Crippen LogP contribution in [0.3, 0.4) is 0 Å². The molecule has 0 unspecified atom stereocenters. The first-order valence-electron chi connectivity index (χ1n) is 7.68. The molecule has 110 valence electrons. The van der Waals surface area contributed by atoms with Gasteiger partial charge < -0.3 is 4.90 Å². The number of rotatable bonds is 1. The standard InChI is InChI=1S/C20H14N2S/c1-2-6-14(7-3-1)15-10-11-17-18(12-15)16-8-4-5-9-19(16)22-13-23-21-20(17)22/h1-12H,13H2. The summed E-state index contributed by atoms with van der Waals surface area (Å²) in [6.45, 7) is 0. The predicted octanol–water partition coefficient (Wildman–Crippen LogP) is 5.21. The lowest BCUT2D eigenvalue weighted by Gasteiger charge is -2.29. The molecule has 0 bridgehead atoms. The zero-order chi connectivity index (χ0) is 15.2. The Morgan fingerprint density at radius 1 is 0.739 bits per heavy atom. The Hall–Kier alpha value is -2.52. The molecule has 0 aliphatic carbocycles. The second-order valence-corrected chi connectivity index (χ2v) is 6.44. The fourth-order valence-corrected chi connectivity index (χ4v) is 4.10. The molecular formula is C20H14N2S. The minimum absolute atomic E-state index is 0.895. The maximum atomic E-state index is 4.66. The van der Waals surface area contributed by atoms with Gasteiger partial charge in [0.2, 0.25) is 0 Å². The third-order valence-corrected chi connectivity index (χ3v) is 5.12. The molecule has 23 heavy (non-hydrogen) atoms. The molecule has 0 saturated heterocycles. The van der Waals surface area contributed by atoms with Crippen LogP contribution in [0.2, 0.25) is 0 Å². The number of para-hydroxylation sites is 1. The average Bonchev–Trinajstić information content (AvgIpc) is 3.12. The zero-order valence-corrected chi connectivity index (χ0v) is 13.3. The molecule has 2 heterocycles. The second-order valence-electron chi connectivity index (χ2n) is 5.74. The molecule has 3 aromatic rings.